The molecule has 0 saturated heterocycles. The molecule has 0 bridgehead atoms. The van der Waals surface area contributed by atoms with Crippen LogP contribution in [0, 0.1) is 0 Å². The van der Waals surface area contributed by atoms with E-state index in [0.717, 1.165) is 5.56 Å². The number of carbonyl (C=O) groups excluding carboxylic acids is 3. The van der Waals surface area contributed by atoms with Crippen molar-refractivity contribution in [3.05, 3.63) is 23.8 Å². The summed E-state index contributed by atoms with van der Waals surface area (Å²) in [6, 6.07) is 3.81. The molecule has 1 atom stereocenters. The second-order valence-corrected chi connectivity index (χ2v) is 5.21. The average molecular weight is 352 g/mol. The number of methoxy groups -OCH3 is 2. The van der Waals surface area contributed by atoms with Gasteiger partial charge in [0.2, 0.25) is 6.79 Å². The van der Waals surface area contributed by atoms with Crippen molar-refractivity contribution in [1.29, 1.82) is 0 Å². The van der Waals surface area contributed by atoms with Crippen LogP contribution in [0.15, 0.2) is 18.2 Å². The van der Waals surface area contributed by atoms with Gasteiger partial charge in [0, 0.05) is 13.0 Å². The monoisotopic (exact) mass is 352 g/mol. The van der Waals surface area contributed by atoms with Crippen LogP contribution in [0.5, 0.6) is 11.5 Å². The molecular weight excluding hydrogens is 332 g/mol. The van der Waals surface area contributed by atoms with Crippen LogP contribution in [0.3, 0.4) is 0 Å². The van der Waals surface area contributed by atoms with Crippen LogP contribution in [0.4, 0.5) is 4.79 Å². The summed E-state index contributed by atoms with van der Waals surface area (Å²) in [6.45, 7) is 0.404. The highest BCUT2D eigenvalue weighted by atomic mass is 16.7. The van der Waals surface area contributed by atoms with Gasteiger partial charge in [-0.3, -0.25) is 4.79 Å². The molecule has 1 aromatic rings. The molecular formula is C16H20N2O7. The largest absolute Gasteiger partial charge is 0.469 e. The van der Waals surface area contributed by atoms with E-state index in [2.05, 4.69) is 20.1 Å². The van der Waals surface area contributed by atoms with E-state index >= 15 is 0 Å². The minimum Gasteiger partial charge on any atom is -0.469 e. The third kappa shape index (κ3) is 5.27. The average Bonchev–Trinajstić information content (AvgIpc) is 3.10. The SMILES string of the molecule is COC(=O)CCC(NC(=O)NCc1ccc2c(c1)OCO2)C(=O)OC. The Kier molecular flexibility index (Phi) is 6.44. The number of hydrogen-bond acceptors (Lipinski definition) is 7. The highest BCUT2D eigenvalue weighted by Gasteiger charge is 2.22. The third-order valence-corrected chi connectivity index (χ3v) is 3.55. The Bertz CT molecular complexity index is 647. The normalized spacial score (nSPS) is 12.9. The van der Waals surface area contributed by atoms with E-state index < -0.39 is 24.0 Å². The van der Waals surface area contributed by atoms with Gasteiger partial charge in [0.05, 0.1) is 14.2 Å². The first kappa shape index (κ1) is 18.4. The van der Waals surface area contributed by atoms with Crippen LogP contribution in [0.1, 0.15) is 18.4 Å². The van der Waals surface area contributed by atoms with Crippen molar-refractivity contribution in [3.8, 4) is 11.5 Å². The molecule has 2 amide bonds. The molecule has 1 heterocycles. The Labute approximate surface area is 144 Å². The van der Waals surface area contributed by atoms with E-state index in [1.165, 1.54) is 14.2 Å². The first-order valence-electron chi connectivity index (χ1n) is 7.61. The number of fused-ring (bicyclic) bond motifs is 1. The third-order valence-electron chi connectivity index (χ3n) is 3.55. The van der Waals surface area contributed by atoms with Gasteiger partial charge in [-0.1, -0.05) is 6.07 Å². The van der Waals surface area contributed by atoms with Crippen LogP contribution in [-0.2, 0) is 25.6 Å². The van der Waals surface area contributed by atoms with Crippen molar-refractivity contribution in [2.45, 2.75) is 25.4 Å². The van der Waals surface area contributed by atoms with Gasteiger partial charge in [0.1, 0.15) is 6.04 Å². The summed E-state index contributed by atoms with van der Waals surface area (Å²) < 4.78 is 19.6. The van der Waals surface area contributed by atoms with Gasteiger partial charge in [-0.25, -0.2) is 9.59 Å². The molecule has 0 aliphatic carbocycles. The topological polar surface area (TPSA) is 112 Å². The number of nitrogens with one attached hydrogen (secondary N) is 2. The summed E-state index contributed by atoms with van der Waals surface area (Å²) in [4.78, 5) is 34.9. The lowest BCUT2D eigenvalue weighted by Crippen LogP contribution is -2.46. The van der Waals surface area contributed by atoms with E-state index in [1.807, 2.05) is 0 Å². The van der Waals surface area contributed by atoms with Crippen LogP contribution in [0.2, 0.25) is 0 Å². The molecule has 1 aliphatic rings. The molecule has 0 spiro atoms. The van der Waals surface area contributed by atoms with Crippen molar-refractivity contribution in [1.82, 2.24) is 10.6 Å². The van der Waals surface area contributed by atoms with Crippen LogP contribution in [0.25, 0.3) is 0 Å². The van der Waals surface area contributed by atoms with Gasteiger partial charge in [-0.15, -0.1) is 0 Å². The van der Waals surface area contributed by atoms with Gasteiger partial charge in [0.25, 0.3) is 0 Å². The Morgan fingerprint density at radius 1 is 1.16 bits per heavy atom. The fourth-order valence-electron chi connectivity index (χ4n) is 2.20. The highest BCUT2D eigenvalue weighted by molar-refractivity contribution is 5.84. The molecule has 0 saturated carbocycles. The lowest BCUT2D eigenvalue weighted by atomic mass is 10.1. The number of benzene rings is 1. The number of hydrogen-bond donors (Lipinski definition) is 2. The molecule has 136 valence electrons. The number of amides is 2. The Hall–Kier alpha value is -2.97. The van der Waals surface area contributed by atoms with Crippen molar-refractivity contribution in [2.24, 2.45) is 0 Å². The maximum atomic E-state index is 12.0. The molecule has 9 nitrogen and oxygen atoms in total. The fourth-order valence-corrected chi connectivity index (χ4v) is 2.20. The molecule has 1 aliphatic heterocycles. The van der Waals surface area contributed by atoms with Crippen molar-refractivity contribution in [3.63, 3.8) is 0 Å². The van der Waals surface area contributed by atoms with Gasteiger partial charge in [0.15, 0.2) is 11.5 Å². The van der Waals surface area contributed by atoms with Gasteiger partial charge in [-0.2, -0.15) is 0 Å². The van der Waals surface area contributed by atoms with E-state index in [4.69, 9.17) is 9.47 Å². The number of rotatable bonds is 7. The second-order valence-electron chi connectivity index (χ2n) is 5.21. The smallest absolute Gasteiger partial charge is 0.328 e. The lowest BCUT2D eigenvalue weighted by molar-refractivity contribution is -0.144. The number of urea groups is 1. The molecule has 1 unspecified atom stereocenters. The molecule has 0 radical (unpaired) electrons. The van der Waals surface area contributed by atoms with Gasteiger partial charge in [-0.05, 0) is 24.1 Å². The predicted molar refractivity (Wildman–Crippen MR) is 85.0 cm³/mol. The minimum absolute atomic E-state index is 0.0152. The van der Waals surface area contributed by atoms with E-state index in [9.17, 15) is 14.4 Å². The summed E-state index contributed by atoms with van der Waals surface area (Å²) in [6.07, 6.45) is 0.0650. The first-order chi connectivity index (χ1) is 12.0. The fraction of sp³-hybridized carbons (Fsp3) is 0.438. The summed E-state index contributed by atoms with van der Waals surface area (Å²) in [5, 5.41) is 5.11. The van der Waals surface area contributed by atoms with Gasteiger partial charge >= 0.3 is 18.0 Å². The first-order valence-corrected chi connectivity index (χ1v) is 7.61. The van der Waals surface area contributed by atoms with Crippen molar-refractivity contribution >= 4 is 18.0 Å². The maximum absolute atomic E-state index is 12.0. The molecule has 1 aromatic carbocycles. The Morgan fingerprint density at radius 2 is 1.92 bits per heavy atom. The number of carbonyl (C=O) groups is 3. The molecule has 2 rings (SSSR count). The summed E-state index contributed by atoms with van der Waals surface area (Å²) in [5.41, 5.74) is 0.809. The number of ether oxygens (including phenoxy) is 4. The quantitative estimate of drug-likeness (QED) is 0.695. The summed E-state index contributed by atoms with van der Waals surface area (Å²) in [5.74, 6) is 0.158. The van der Waals surface area contributed by atoms with Gasteiger partial charge < -0.3 is 29.6 Å². The van der Waals surface area contributed by atoms with E-state index in [1.54, 1.807) is 18.2 Å². The molecule has 9 heteroatoms. The Balaban J connectivity index is 1.85. The standard InChI is InChI=1S/C16H20N2O7/c1-22-14(19)6-4-11(15(20)23-2)18-16(21)17-8-10-3-5-12-13(7-10)25-9-24-12/h3,5,7,11H,4,6,8-9H2,1-2H3,(H2,17,18,21). The lowest BCUT2D eigenvalue weighted by Gasteiger charge is -2.16. The van der Waals surface area contributed by atoms with Crippen LogP contribution >= 0.6 is 0 Å². The predicted octanol–water partition coefficient (Wildman–Crippen LogP) is 0.709. The molecule has 25 heavy (non-hydrogen) atoms. The maximum Gasteiger partial charge on any atom is 0.328 e. The number of esters is 2. The molecule has 0 fully saturated rings. The zero-order valence-electron chi connectivity index (χ0n) is 14.0. The zero-order chi connectivity index (χ0) is 18.2. The zero-order valence-corrected chi connectivity index (χ0v) is 14.0. The van der Waals surface area contributed by atoms with E-state index in [0.29, 0.717) is 11.5 Å². The highest BCUT2D eigenvalue weighted by Crippen LogP contribution is 2.32. The van der Waals surface area contributed by atoms with Crippen LogP contribution < -0.4 is 20.1 Å². The minimum atomic E-state index is -0.944. The Morgan fingerprint density at radius 3 is 2.64 bits per heavy atom. The van der Waals surface area contributed by atoms with E-state index in [-0.39, 0.29) is 26.2 Å². The van der Waals surface area contributed by atoms with Crippen molar-refractivity contribution < 1.29 is 33.3 Å². The molecule has 0 aromatic heterocycles. The molecule has 2 N–H and O–H groups in total. The summed E-state index contributed by atoms with van der Waals surface area (Å²) in [7, 11) is 2.46. The second kappa shape index (κ2) is 8.76. The van der Waals surface area contributed by atoms with Crippen LogP contribution in [-0.4, -0.2) is 45.0 Å². The summed E-state index contributed by atoms with van der Waals surface area (Å²) >= 11 is 0. The van der Waals surface area contributed by atoms with Crippen molar-refractivity contribution in [2.75, 3.05) is 21.0 Å².